The highest BCUT2D eigenvalue weighted by Gasteiger charge is 2.45. The van der Waals surface area contributed by atoms with E-state index in [2.05, 4.69) is 0 Å². The molecule has 1 aliphatic rings. The van der Waals surface area contributed by atoms with E-state index in [1.54, 1.807) is 44.4 Å². The molecule has 0 aliphatic carbocycles. The van der Waals surface area contributed by atoms with Gasteiger partial charge in [-0.05, 0) is 49.4 Å². The minimum Gasteiger partial charge on any atom is -0.497 e. The monoisotopic (exact) mass is 286 g/mol. The highest BCUT2D eigenvalue weighted by Crippen LogP contribution is 2.44. The molecule has 0 unspecified atom stereocenters. The summed E-state index contributed by atoms with van der Waals surface area (Å²) in [5.41, 5.74) is 7.02. The summed E-state index contributed by atoms with van der Waals surface area (Å²) in [5.74, 6) is 0.0346. The lowest BCUT2D eigenvalue weighted by molar-refractivity contribution is -0.121. The van der Waals surface area contributed by atoms with Gasteiger partial charge in [0.1, 0.15) is 17.1 Å². The highest BCUT2D eigenvalue weighted by molar-refractivity contribution is 6.12. The second-order valence-corrected chi connectivity index (χ2v) is 5.20. The van der Waals surface area contributed by atoms with Crippen molar-refractivity contribution in [2.75, 3.05) is 12.0 Å². The first kappa shape index (κ1) is 13.6. The fraction of sp³-hybridized carbons (Fsp3) is 0.188. The first-order valence-electron chi connectivity index (χ1n) is 6.52. The molecule has 0 aromatic heterocycles. The summed E-state index contributed by atoms with van der Waals surface area (Å²) in [4.78, 5) is 14.1. The van der Waals surface area contributed by atoms with E-state index in [9.17, 15) is 9.18 Å². The lowest BCUT2D eigenvalue weighted by Gasteiger charge is -2.20. The summed E-state index contributed by atoms with van der Waals surface area (Å²) in [7, 11) is 1.56. The van der Waals surface area contributed by atoms with E-state index in [0.717, 1.165) is 0 Å². The number of ether oxygens (including phenoxy) is 1. The predicted molar refractivity (Wildman–Crippen MR) is 78.1 cm³/mol. The number of nitrogens with zero attached hydrogens (tertiary/aromatic N) is 1. The zero-order chi connectivity index (χ0) is 15.2. The van der Waals surface area contributed by atoms with Gasteiger partial charge in [0.2, 0.25) is 0 Å². The van der Waals surface area contributed by atoms with Crippen molar-refractivity contribution in [3.05, 3.63) is 53.8 Å². The predicted octanol–water partition coefficient (Wildman–Crippen LogP) is 2.69. The number of anilines is 2. The Balaban J connectivity index is 2.17. The summed E-state index contributed by atoms with van der Waals surface area (Å²) in [6, 6.07) is 11.1. The van der Waals surface area contributed by atoms with Gasteiger partial charge in [0, 0.05) is 11.3 Å². The minimum absolute atomic E-state index is 0.252. The van der Waals surface area contributed by atoms with Gasteiger partial charge in [-0.15, -0.1) is 0 Å². The standard InChI is InChI=1S/C16H15FN2O2/c1-16(18)13-9-12(21-2)7-8-14(13)19(15(16)20)11-5-3-10(17)4-6-11/h3-9H,18H2,1-2H3/t16-/m1/s1. The third-order valence-corrected chi connectivity index (χ3v) is 3.74. The van der Waals surface area contributed by atoms with Gasteiger partial charge in [-0.3, -0.25) is 9.69 Å². The van der Waals surface area contributed by atoms with Gasteiger partial charge >= 0.3 is 0 Å². The topological polar surface area (TPSA) is 55.6 Å². The molecule has 1 aliphatic heterocycles. The molecule has 0 saturated carbocycles. The van der Waals surface area contributed by atoms with Crippen molar-refractivity contribution in [1.82, 2.24) is 0 Å². The zero-order valence-corrected chi connectivity index (χ0v) is 11.8. The quantitative estimate of drug-likeness (QED) is 0.923. The van der Waals surface area contributed by atoms with Gasteiger partial charge in [-0.2, -0.15) is 0 Å². The Kier molecular flexibility index (Phi) is 2.95. The van der Waals surface area contributed by atoms with E-state index in [1.807, 2.05) is 0 Å². The van der Waals surface area contributed by atoms with Gasteiger partial charge < -0.3 is 10.5 Å². The molecule has 1 amide bonds. The van der Waals surface area contributed by atoms with Crippen LogP contribution in [-0.4, -0.2) is 13.0 Å². The van der Waals surface area contributed by atoms with E-state index >= 15 is 0 Å². The molecule has 2 aromatic carbocycles. The summed E-state index contributed by atoms with van der Waals surface area (Å²) in [5, 5.41) is 0. The van der Waals surface area contributed by atoms with Crippen molar-refractivity contribution in [1.29, 1.82) is 0 Å². The first-order valence-corrected chi connectivity index (χ1v) is 6.52. The van der Waals surface area contributed by atoms with Crippen LogP contribution in [0.25, 0.3) is 0 Å². The molecule has 1 atom stereocenters. The second kappa shape index (κ2) is 4.56. The third-order valence-electron chi connectivity index (χ3n) is 3.74. The SMILES string of the molecule is COc1ccc2c(c1)[C@@](C)(N)C(=O)N2c1ccc(F)cc1. The molecule has 108 valence electrons. The Bertz CT molecular complexity index is 711. The molecule has 3 rings (SSSR count). The van der Waals surface area contributed by atoms with Crippen molar-refractivity contribution < 1.29 is 13.9 Å². The number of benzene rings is 2. The van der Waals surface area contributed by atoms with Crippen molar-refractivity contribution in [3.63, 3.8) is 0 Å². The molecule has 5 heteroatoms. The number of amides is 1. The molecule has 0 radical (unpaired) electrons. The molecule has 0 saturated heterocycles. The van der Waals surface area contributed by atoms with Crippen molar-refractivity contribution in [2.24, 2.45) is 5.73 Å². The van der Waals surface area contributed by atoms with Gasteiger partial charge in [-0.1, -0.05) is 0 Å². The number of hydrogen-bond acceptors (Lipinski definition) is 3. The molecule has 2 N–H and O–H groups in total. The summed E-state index contributed by atoms with van der Waals surface area (Å²) in [6.07, 6.45) is 0. The van der Waals surface area contributed by atoms with Crippen LogP contribution in [0.1, 0.15) is 12.5 Å². The number of halogens is 1. The fourth-order valence-electron chi connectivity index (χ4n) is 2.56. The molecule has 21 heavy (non-hydrogen) atoms. The maximum Gasteiger partial charge on any atom is 0.256 e. The second-order valence-electron chi connectivity index (χ2n) is 5.20. The number of rotatable bonds is 2. The van der Waals surface area contributed by atoms with Crippen molar-refractivity contribution in [3.8, 4) is 5.75 Å². The molecule has 1 heterocycles. The van der Waals surface area contributed by atoms with E-state index in [1.165, 1.54) is 17.0 Å². The van der Waals surface area contributed by atoms with Crippen LogP contribution in [0.4, 0.5) is 15.8 Å². The fourth-order valence-corrected chi connectivity index (χ4v) is 2.56. The summed E-state index contributed by atoms with van der Waals surface area (Å²) in [6.45, 7) is 1.66. The van der Waals surface area contributed by atoms with Crippen LogP contribution < -0.4 is 15.4 Å². The number of fused-ring (bicyclic) bond motifs is 1. The number of nitrogens with two attached hydrogens (primary N) is 1. The van der Waals surface area contributed by atoms with Gasteiger partial charge in [0.15, 0.2) is 0 Å². The molecule has 0 bridgehead atoms. The van der Waals surface area contributed by atoms with E-state index in [0.29, 0.717) is 22.7 Å². The van der Waals surface area contributed by atoms with Crippen LogP contribution in [0, 0.1) is 5.82 Å². The van der Waals surface area contributed by atoms with E-state index in [4.69, 9.17) is 10.5 Å². The molecule has 4 nitrogen and oxygen atoms in total. The average molecular weight is 286 g/mol. The summed E-state index contributed by atoms with van der Waals surface area (Å²) >= 11 is 0. The number of carbonyl (C=O) groups is 1. The van der Waals surface area contributed by atoms with Crippen LogP contribution in [0.5, 0.6) is 5.75 Å². The molecule has 0 spiro atoms. The average Bonchev–Trinajstić information content (AvgIpc) is 2.68. The highest BCUT2D eigenvalue weighted by atomic mass is 19.1. The van der Waals surface area contributed by atoms with Crippen molar-refractivity contribution >= 4 is 17.3 Å². The third kappa shape index (κ3) is 1.97. The normalized spacial score (nSPS) is 20.6. The lowest BCUT2D eigenvalue weighted by atomic mass is 9.95. The smallest absolute Gasteiger partial charge is 0.256 e. The Morgan fingerprint density at radius 1 is 1.19 bits per heavy atom. The lowest BCUT2D eigenvalue weighted by Crippen LogP contribution is -2.43. The Morgan fingerprint density at radius 2 is 1.86 bits per heavy atom. The summed E-state index contributed by atoms with van der Waals surface area (Å²) < 4.78 is 18.3. The van der Waals surface area contributed by atoms with Crippen LogP contribution >= 0.6 is 0 Å². The largest absolute Gasteiger partial charge is 0.497 e. The van der Waals surface area contributed by atoms with Gasteiger partial charge in [0.25, 0.3) is 5.91 Å². The van der Waals surface area contributed by atoms with Crippen LogP contribution in [0.2, 0.25) is 0 Å². The molecular formula is C16H15FN2O2. The Morgan fingerprint density at radius 3 is 2.48 bits per heavy atom. The minimum atomic E-state index is -1.14. The maximum atomic E-state index is 13.1. The zero-order valence-electron chi connectivity index (χ0n) is 11.8. The molecule has 2 aromatic rings. The first-order chi connectivity index (χ1) is 9.95. The number of carbonyl (C=O) groups excluding carboxylic acids is 1. The van der Waals surface area contributed by atoms with Gasteiger partial charge in [-0.25, -0.2) is 4.39 Å². The van der Waals surface area contributed by atoms with Gasteiger partial charge in [0.05, 0.1) is 12.8 Å². The van der Waals surface area contributed by atoms with Crippen molar-refractivity contribution in [2.45, 2.75) is 12.5 Å². The Labute approximate surface area is 121 Å². The maximum absolute atomic E-state index is 13.1. The molecule has 0 fully saturated rings. The van der Waals surface area contributed by atoms with Crippen LogP contribution in [-0.2, 0) is 10.3 Å². The molecular weight excluding hydrogens is 271 g/mol. The Hall–Kier alpha value is -2.40. The van der Waals surface area contributed by atoms with E-state index < -0.39 is 5.54 Å². The number of hydrogen-bond donors (Lipinski definition) is 1. The van der Waals surface area contributed by atoms with E-state index in [-0.39, 0.29) is 11.7 Å². The van der Waals surface area contributed by atoms with Crippen LogP contribution in [0.3, 0.4) is 0 Å². The number of methoxy groups -OCH3 is 1. The van der Waals surface area contributed by atoms with Crippen LogP contribution in [0.15, 0.2) is 42.5 Å².